The Morgan fingerprint density at radius 1 is 1.18 bits per heavy atom. The van der Waals surface area contributed by atoms with E-state index in [9.17, 15) is 4.79 Å². The van der Waals surface area contributed by atoms with E-state index in [2.05, 4.69) is 67.8 Å². The summed E-state index contributed by atoms with van der Waals surface area (Å²) in [5.74, 6) is 0.468. The molecule has 0 aromatic heterocycles. The molecule has 0 fully saturated rings. The van der Waals surface area contributed by atoms with Crippen LogP contribution in [0.2, 0.25) is 0 Å². The molecule has 1 rings (SSSR count). The second-order valence-electron chi connectivity index (χ2n) is 3.01. The van der Waals surface area contributed by atoms with E-state index in [1.807, 2.05) is 13.0 Å². The van der Waals surface area contributed by atoms with Crippen molar-refractivity contribution in [2.75, 3.05) is 13.2 Å². The summed E-state index contributed by atoms with van der Waals surface area (Å²) in [5.41, 5.74) is 0.594. The summed E-state index contributed by atoms with van der Waals surface area (Å²) in [6.45, 7) is 4.68. The second-order valence-corrected chi connectivity index (χ2v) is 6.41. The lowest BCUT2D eigenvalue weighted by atomic mass is 10.2. The Bertz CT molecular complexity index is 432. The van der Waals surface area contributed by atoms with E-state index in [0.717, 1.165) is 16.5 Å². The maximum atomic E-state index is 11.9. The number of esters is 1. The molecule has 0 bridgehead atoms. The topological polar surface area (TPSA) is 35.5 Å². The molecule has 0 aliphatic rings. The summed E-state index contributed by atoms with van der Waals surface area (Å²) in [4.78, 5) is 11.9. The molecule has 0 saturated heterocycles. The zero-order chi connectivity index (χ0) is 13.0. The first-order valence-electron chi connectivity index (χ1n) is 5.00. The normalized spacial score (nSPS) is 10.2. The minimum atomic E-state index is -0.293. The average molecular weight is 572 g/mol. The highest BCUT2D eigenvalue weighted by Gasteiger charge is 2.21. The maximum absolute atomic E-state index is 11.9. The fourth-order valence-corrected chi connectivity index (χ4v) is 5.36. The van der Waals surface area contributed by atoms with Crippen LogP contribution in [0.5, 0.6) is 5.75 Å². The van der Waals surface area contributed by atoms with Gasteiger partial charge in [0.15, 0.2) is 0 Å². The first kappa shape index (κ1) is 15.7. The lowest BCUT2D eigenvalue weighted by Crippen LogP contribution is -2.11. The van der Waals surface area contributed by atoms with Gasteiger partial charge in [-0.1, -0.05) is 0 Å². The molecule has 0 N–H and O–H groups in total. The van der Waals surface area contributed by atoms with Gasteiger partial charge in [0.1, 0.15) is 5.75 Å². The summed E-state index contributed by atoms with van der Waals surface area (Å²) < 4.78 is 13.3. The molecule has 0 aliphatic carbocycles. The predicted molar refractivity (Wildman–Crippen MR) is 91.7 cm³/mol. The third-order valence-electron chi connectivity index (χ3n) is 1.90. The van der Waals surface area contributed by atoms with Crippen LogP contribution in [-0.4, -0.2) is 19.2 Å². The molecular weight excluding hydrogens is 561 g/mol. The Labute approximate surface area is 141 Å². The average Bonchev–Trinajstić information content (AvgIpc) is 2.24. The predicted octanol–water partition coefficient (Wildman–Crippen LogP) is 4.08. The van der Waals surface area contributed by atoms with E-state index >= 15 is 0 Å². The van der Waals surface area contributed by atoms with Gasteiger partial charge in [0.2, 0.25) is 0 Å². The van der Waals surface area contributed by atoms with Crippen molar-refractivity contribution in [1.29, 1.82) is 0 Å². The molecule has 3 nitrogen and oxygen atoms in total. The third kappa shape index (κ3) is 3.82. The lowest BCUT2D eigenvalue weighted by molar-refractivity contribution is 0.0523. The molecule has 0 radical (unpaired) electrons. The zero-order valence-electron chi connectivity index (χ0n) is 9.35. The van der Waals surface area contributed by atoms with Crippen molar-refractivity contribution >= 4 is 73.7 Å². The smallest absolute Gasteiger partial charge is 0.340 e. The van der Waals surface area contributed by atoms with E-state index in [1.165, 1.54) is 0 Å². The number of benzene rings is 1. The van der Waals surface area contributed by atoms with Crippen LogP contribution in [0.1, 0.15) is 24.2 Å². The summed E-state index contributed by atoms with van der Waals surface area (Å²) in [5, 5.41) is 0. The van der Waals surface area contributed by atoms with Gasteiger partial charge in [-0.15, -0.1) is 0 Å². The number of ether oxygens (including phenoxy) is 2. The SMILES string of the molecule is CCOC(=O)c1c(I)cc(I)c(OCC)c1I. The van der Waals surface area contributed by atoms with Crippen LogP contribution in [0.25, 0.3) is 0 Å². The van der Waals surface area contributed by atoms with Crippen LogP contribution < -0.4 is 4.74 Å². The van der Waals surface area contributed by atoms with Crippen LogP contribution in [0.4, 0.5) is 0 Å². The van der Waals surface area contributed by atoms with Crippen molar-refractivity contribution in [3.63, 3.8) is 0 Å². The minimum absolute atomic E-state index is 0.293. The van der Waals surface area contributed by atoms with Gasteiger partial charge in [-0.05, 0) is 87.7 Å². The van der Waals surface area contributed by atoms with E-state index < -0.39 is 0 Å². The van der Waals surface area contributed by atoms with Gasteiger partial charge >= 0.3 is 5.97 Å². The number of rotatable bonds is 4. The van der Waals surface area contributed by atoms with Gasteiger partial charge < -0.3 is 9.47 Å². The van der Waals surface area contributed by atoms with Crippen molar-refractivity contribution in [2.45, 2.75) is 13.8 Å². The molecule has 0 spiro atoms. The van der Waals surface area contributed by atoms with E-state index in [1.54, 1.807) is 6.92 Å². The van der Waals surface area contributed by atoms with Gasteiger partial charge in [0.25, 0.3) is 0 Å². The second kappa shape index (κ2) is 7.31. The molecule has 0 heterocycles. The molecule has 0 amide bonds. The van der Waals surface area contributed by atoms with Crippen molar-refractivity contribution in [3.05, 3.63) is 22.3 Å². The van der Waals surface area contributed by atoms with Crippen LogP contribution >= 0.6 is 67.8 Å². The van der Waals surface area contributed by atoms with Crippen molar-refractivity contribution in [3.8, 4) is 5.75 Å². The van der Waals surface area contributed by atoms with Crippen molar-refractivity contribution in [1.82, 2.24) is 0 Å². The first-order valence-corrected chi connectivity index (χ1v) is 8.23. The quantitative estimate of drug-likeness (QED) is 0.404. The third-order valence-corrected chi connectivity index (χ3v) is 4.58. The molecule has 0 atom stereocenters. The minimum Gasteiger partial charge on any atom is -0.492 e. The van der Waals surface area contributed by atoms with Crippen molar-refractivity contribution < 1.29 is 14.3 Å². The number of hydrogen-bond acceptors (Lipinski definition) is 3. The Hall–Kier alpha value is 0.680. The first-order chi connectivity index (χ1) is 8.02. The highest BCUT2D eigenvalue weighted by Crippen LogP contribution is 2.33. The van der Waals surface area contributed by atoms with E-state index in [0.29, 0.717) is 18.8 Å². The number of hydrogen-bond donors (Lipinski definition) is 0. The largest absolute Gasteiger partial charge is 0.492 e. The molecule has 6 heteroatoms. The van der Waals surface area contributed by atoms with Gasteiger partial charge in [-0.2, -0.15) is 0 Å². The van der Waals surface area contributed by atoms with Gasteiger partial charge in [-0.25, -0.2) is 4.79 Å². The monoisotopic (exact) mass is 572 g/mol. The van der Waals surface area contributed by atoms with E-state index in [-0.39, 0.29) is 5.97 Å². The van der Waals surface area contributed by atoms with Crippen LogP contribution in [-0.2, 0) is 4.74 Å². The highest BCUT2D eigenvalue weighted by molar-refractivity contribution is 14.1. The number of carbonyl (C=O) groups excluding carboxylic acids is 1. The van der Waals surface area contributed by atoms with Crippen LogP contribution in [0.15, 0.2) is 6.07 Å². The molecule has 94 valence electrons. The molecule has 17 heavy (non-hydrogen) atoms. The fourth-order valence-electron chi connectivity index (χ4n) is 1.24. The molecule has 0 aliphatic heterocycles. The number of halogens is 3. The van der Waals surface area contributed by atoms with Gasteiger partial charge in [0.05, 0.1) is 25.9 Å². The molecule has 1 aromatic carbocycles. The van der Waals surface area contributed by atoms with Crippen molar-refractivity contribution in [2.24, 2.45) is 0 Å². The van der Waals surface area contributed by atoms with E-state index in [4.69, 9.17) is 9.47 Å². The summed E-state index contributed by atoms with van der Waals surface area (Å²) in [7, 11) is 0. The van der Waals surface area contributed by atoms with Gasteiger partial charge in [-0.3, -0.25) is 0 Å². The summed E-state index contributed by atoms with van der Waals surface area (Å²) >= 11 is 6.49. The summed E-state index contributed by atoms with van der Waals surface area (Å²) in [6.07, 6.45) is 0. The molecule has 0 unspecified atom stereocenters. The molecular formula is C11H11I3O3. The Balaban J connectivity index is 3.29. The summed E-state index contributed by atoms with van der Waals surface area (Å²) in [6, 6.07) is 1.93. The maximum Gasteiger partial charge on any atom is 0.340 e. The standard InChI is InChI=1S/C11H11I3O3/c1-3-16-10-7(13)5-6(12)8(9(10)14)11(15)17-4-2/h5H,3-4H2,1-2H3. The lowest BCUT2D eigenvalue weighted by Gasteiger charge is -2.13. The Morgan fingerprint density at radius 3 is 2.35 bits per heavy atom. The fraction of sp³-hybridized carbons (Fsp3) is 0.364. The molecule has 1 aromatic rings. The van der Waals surface area contributed by atoms with Gasteiger partial charge in [0, 0.05) is 3.57 Å². The van der Waals surface area contributed by atoms with Crippen LogP contribution in [0, 0.1) is 10.7 Å². The Kier molecular flexibility index (Phi) is 6.77. The highest BCUT2D eigenvalue weighted by atomic mass is 127. The zero-order valence-corrected chi connectivity index (χ0v) is 15.8. The Morgan fingerprint density at radius 2 is 1.82 bits per heavy atom. The van der Waals surface area contributed by atoms with Crippen LogP contribution in [0.3, 0.4) is 0 Å². The number of carbonyl (C=O) groups is 1. The molecule has 0 saturated carbocycles.